The average Bonchev–Trinajstić information content (AvgIpc) is 3.09. The summed E-state index contributed by atoms with van der Waals surface area (Å²) in [5.41, 5.74) is 8.65. The zero-order valence-corrected chi connectivity index (χ0v) is 20.3. The minimum absolute atomic E-state index is 0.0503. The van der Waals surface area contributed by atoms with Gasteiger partial charge in [0.05, 0.1) is 13.2 Å². The summed E-state index contributed by atoms with van der Waals surface area (Å²) in [4.78, 5) is 2.30. The van der Waals surface area contributed by atoms with Crippen molar-refractivity contribution >= 4 is 17.1 Å². The van der Waals surface area contributed by atoms with Gasteiger partial charge in [-0.1, -0.05) is 44.2 Å². The van der Waals surface area contributed by atoms with Crippen LogP contribution in [0.4, 0.5) is 17.1 Å². The minimum Gasteiger partial charge on any atom is -0.494 e. The molecule has 3 heteroatoms. The van der Waals surface area contributed by atoms with Gasteiger partial charge < -0.3 is 14.4 Å². The summed E-state index contributed by atoms with van der Waals surface area (Å²) in [5.74, 6) is 1.76. The quantitative estimate of drug-likeness (QED) is 0.283. The smallest absolute Gasteiger partial charge is 0.119 e. The van der Waals surface area contributed by atoms with Gasteiger partial charge in [-0.05, 0) is 96.8 Å². The standard InChI is InChI=1S/C31H31NO2/c1-5-33-25-16-11-22(12-17-25)32(23-13-18-26(19-14-23)34-6-2)24-15-20-28-27-9-7-8-10-29(27)31(3,4)30(28)21-24/h7-21H,5-6H2,1-4H3. The molecule has 1 aliphatic carbocycles. The van der Waals surface area contributed by atoms with E-state index in [0.29, 0.717) is 13.2 Å². The second-order valence-corrected chi connectivity index (χ2v) is 9.09. The molecule has 0 saturated carbocycles. The first kappa shape index (κ1) is 22.1. The van der Waals surface area contributed by atoms with Crippen LogP contribution < -0.4 is 14.4 Å². The van der Waals surface area contributed by atoms with Crippen LogP contribution in [0.3, 0.4) is 0 Å². The number of hydrogen-bond donors (Lipinski definition) is 0. The lowest BCUT2D eigenvalue weighted by molar-refractivity contribution is 0.340. The predicted octanol–water partition coefficient (Wildman–Crippen LogP) is 8.26. The highest BCUT2D eigenvalue weighted by Gasteiger charge is 2.35. The number of rotatable bonds is 7. The monoisotopic (exact) mass is 449 g/mol. The average molecular weight is 450 g/mol. The molecule has 1 aliphatic rings. The lowest BCUT2D eigenvalue weighted by Crippen LogP contribution is -2.16. The van der Waals surface area contributed by atoms with Crippen LogP contribution in [0.15, 0.2) is 91.0 Å². The third kappa shape index (κ3) is 3.81. The van der Waals surface area contributed by atoms with Crippen molar-refractivity contribution in [2.24, 2.45) is 0 Å². The molecule has 0 heterocycles. The summed E-state index contributed by atoms with van der Waals surface area (Å²) in [7, 11) is 0. The van der Waals surface area contributed by atoms with Gasteiger partial charge >= 0.3 is 0 Å². The van der Waals surface area contributed by atoms with Crippen molar-refractivity contribution in [3.63, 3.8) is 0 Å². The molecular weight excluding hydrogens is 418 g/mol. The Labute approximate surface area is 202 Å². The van der Waals surface area contributed by atoms with Crippen molar-refractivity contribution in [3.8, 4) is 22.6 Å². The van der Waals surface area contributed by atoms with Crippen molar-refractivity contribution in [1.82, 2.24) is 0 Å². The van der Waals surface area contributed by atoms with E-state index in [-0.39, 0.29) is 5.41 Å². The summed E-state index contributed by atoms with van der Waals surface area (Å²) in [5, 5.41) is 0. The fourth-order valence-electron chi connectivity index (χ4n) is 4.99. The van der Waals surface area contributed by atoms with Gasteiger partial charge in [0.25, 0.3) is 0 Å². The van der Waals surface area contributed by atoms with Gasteiger partial charge in [-0.2, -0.15) is 0 Å². The van der Waals surface area contributed by atoms with Crippen LogP contribution in [-0.4, -0.2) is 13.2 Å². The van der Waals surface area contributed by atoms with E-state index in [0.717, 1.165) is 28.6 Å². The second-order valence-electron chi connectivity index (χ2n) is 9.09. The molecule has 0 unspecified atom stereocenters. The second kappa shape index (κ2) is 8.90. The molecule has 0 fully saturated rings. The fourth-order valence-corrected chi connectivity index (χ4v) is 4.99. The maximum Gasteiger partial charge on any atom is 0.119 e. The number of ether oxygens (including phenoxy) is 2. The Morgan fingerprint density at radius 2 is 1.09 bits per heavy atom. The first-order valence-corrected chi connectivity index (χ1v) is 12.0. The molecule has 4 aromatic rings. The van der Waals surface area contributed by atoms with Gasteiger partial charge in [0, 0.05) is 22.5 Å². The lowest BCUT2D eigenvalue weighted by Gasteiger charge is -2.28. The number of nitrogens with zero attached hydrogens (tertiary/aromatic N) is 1. The number of hydrogen-bond acceptors (Lipinski definition) is 3. The summed E-state index contributed by atoms with van der Waals surface area (Å²) < 4.78 is 11.4. The molecule has 0 amide bonds. The van der Waals surface area contributed by atoms with E-state index in [1.54, 1.807) is 0 Å². The van der Waals surface area contributed by atoms with E-state index >= 15 is 0 Å². The molecule has 0 atom stereocenters. The van der Waals surface area contributed by atoms with Gasteiger partial charge in [-0.3, -0.25) is 0 Å². The largest absolute Gasteiger partial charge is 0.494 e. The maximum atomic E-state index is 5.68. The molecule has 0 aromatic heterocycles. The Hall–Kier alpha value is -3.72. The lowest BCUT2D eigenvalue weighted by atomic mass is 9.82. The fraction of sp³-hybridized carbons (Fsp3) is 0.226. The summed E-state index contributed by atoms with van der Waals surface area (Å²) in [6.45, 7) is 9.96. The Morgan fingerprint density at radius 3 is 1.65 bits per heavy atom. The SMILES string of the molecule is CCOc1ccc(N(c2ccc(OCC)cc2)c2ccc3c(c2)C(C)(C)c2ccccc2-3)cc1. The van der Waals surface area contributed by atoms with Crippen LogP contribution >= 0.6 is 0 Å². The highest BCUT2D eigenvalue weighted by molar-refractivity contribution is 5.85. The van der Waals surface area contributed by atoms with Crippen LogP contribution in [0.2, 0.25) is 0 Å². The molecule has 0 aliphatic heterocycles. The molecule has 5 rings (SSSR count). The molecule has 3 nitrogen and oxygen atoms in total. The Kier molecular flexibility index (Phi) is 5.79. The van der Waals surface area contributed by atoms with E-state index in [1.165, 1.54) is 22.3 Å². The zero-order chi connectivity index (χ0) is 23.7. The topological polar surface area (TPSA) is 21.7 Å². The van der Waals surface area contributed by atoms with Gasteiger partial charge in [-0.25, -0.2) is 0 Å². The van der Waals surface area contributed by atoms with E-state index in [4.69, 9.17) is 9.47 Å². The third-order valence-electron chi connectivity index (χ3n) is 6.64. The van der Waals surface area contributed by atoms with Crippen molar-refractivity contribution in [2.75, 3.05) is 18.1 Å². The molecule has 0 N–H and O–H groups in total. The molecule has 0 saturated heterocycles. The van der Waals surface area contributed by atoms with Gasteiger partial charge in [-0.15, -0.1) is 0 Å². The normalized spacial score (nSPS) is 13.2. The molecular formula is C31H31NO2. The van der Waals surface area contributed by atoms with E-state index in [2.05, 4.69) is 85.5 Å². The van der Waals surface area contributed by atoms with Crippen molar-refractivity contribution in [1.29, 1.82) is 0 Å². The molecule has 0 spiro atoms. The van der Waals surface area contributed by atoms with Crippen LogP contribution in [0.5, 0.6) is 11.5 Å². The maximum absolute atomic E-state index is 5.68. The van der Waals surface area contributed by atoms with Crippen molar-refractivity contribution in [2.45, 2.75) is 33.1 Å². The zero-order valence-electron chi connectivity index (χ0n) is 20.3. The number of anilines is 3. The Bertz CT molecular complexity index is 1240. The van der Waals surface area contributed by atoms with Crippen molar-refractivity contribution < 1.29 is 9.47 Å². The van der Waals surface area contributed by atoms with Crippen LogP contribution in [0.25, 0.3) is 11.1 Å². The molecule has 172 valence electrons. The Morgan fingerprint density at radius 1 is 0.588 bits per heavy atom. The number of fused-ring (bicyclic) bond motifs is 3. The molecule has 4 aromatic carbocycles. The summed E-state index contributed by atoms with van der Waals surface area (Å²) >= 11 is 0. The summed E-state index contributed by atoms with van der Waals surface area (Å²) in [6, 6.07) is 32.2. The first-order valence-electron chi connectivity index (χ1n) is 12.0. The predicted molar refractivity (Wildman–Crippen MR) is 141 cm³/mol. The van der Waals surface area contributed by atoms with Crippen LogP contribution in [-0.2, 0) is 5.41 Å². The third-order valence-corrected chi connectivity index (χ3v) is 6.64. The number of benzene rings is 4. The highest BCUT2D eigenvalue weighted by Crippen LogP contribution is 2.50. The van der Waals surface area contributed by atoms with E-state index < -0.39 is 0 Å². The van der Waals surface area contributed by atoms with Gasteiger partial charge in [0.15, 0.2) is 0 Å². The molecule has 0 bridgehead atoms. The first-order chi connectivity index (χ1) is 16.5. The van der Waals surface area contributed by atoms with Crippen LogP contribution in [0.1, 0.15) is 38.8 Å². The minimum atomic E-state index is -0.0503. The molecule has 34 heavy (non-hydrogen) atoms. The van der Waals surface area contributed by atoms with Gasteiger partial charge in [0.1, 0.15) is 11.5 Å². The Balaban J connectivity index is 1.62. The van der Waals surface area contributed by atoms with Crippen LogP contribution in [0, 0.1) is 0 Å². The van der Waals surface area contributed by atoms with Gasteiger partial charge in [0.2, 0.25) is 0 Å². The summed E-state index contributed by atoms with van der Waals surface area (Å²) in [6.07, 6.45) is 0. The van der Waals surface area contributed by atoms with Crippen molar-refractivity contribution in [3.05, 3.63) is 102 Å². The van der Waals surface area contributed by atoms with E-state index in [9.17, 15) is 0 Å². The van der Waals surface area contributed by atoms with E-state index in [1.807, 2.05) is 38.1 Å². The highest BCUT2D eigenvalue weighted by atomic mass is 16.5. The molecule has 0 radical (unpaired) electrons.